The number of rotatable bonds is 5. The highest BCUT2D eigenvalue weighted by molar-refractivity contribution is 5.97. The van der Waals surface area contributed by atoms with E-state index in [0.29, 0.717) is 0 Å². The van der Waals surface area contributed by atoms with Gasteiger partial charge in [0.2, 0.25) is 5.78 Å². The van der Waals surface area contributed by atoms with Crippen molar-refractivity contribution in [1.29, 1.82) is 0 Å². The summed E-state index contributed by atoms with van der Waals surface area (Å²) in [5.74, 6) is 2.65. The Balaban J connectivity index is 1.12. The first kappa shape index (κ1) is 28.6. The molecule has 0 N–H and O–H groups in total. The highest BCUT2D eigenvalue weighted by Crippen LogP contribution is 2.36. The van der Waals surface area contributed by atoms with E-state index in [0.717, 1.165) is 89.7 Å². The molecule has 52 heavy (non-hydrogen) atoms. The van der Waals surface area contributed by atoms with Crippen LogP contribution in [0.4, 0.5) is 0 Å². The molecule has 7 aromatic carbocycles. The summed E-state index contributed by atoms with van der Waals surface area (Å²) in [5, 5.41) is 0. The Morgan fingerprint density at radius 1 is 0.308 bits per heavy atom. The standard InChI is InChI=1S/C45H29N7/c1-4-14-30(15-5-1)43-46-36-28-42-37(29-41(36)49(43)32-16-6-2-7-17-32)47-44(50(42)33-18-8-3-9-19-33)31-24-26-34(27-25-31)51-39-22-12-13-23-40(39)52-38-21-11-10-20-35(38)48-45(51)52/h1-29H. The van der Waals surface area contributed by atoms with E-state index in [4.69, 9.17) is 15.0 Å². The number of hydrogen-bond acceptors (Lipinski definition) is 3. The van der Waals surface area contributed by atoms with E-state index in [1.807, 2.05) is 24.3 Å². The van der Waals surface area contributed by atoms with E-state index in [-0.39, 0.29) is 0 Å². The van der Waals surface area contributed by atoms with Crippen LogP contribution in [0.3, 0.4) is 0 Å². The van der Waals surface area contributed by atoms with Crippen LogP contribution in [0, 0.1) is 0 Å². The van der Waals surface area contributed by atoms with Crippen molar-refractivity contribution in [2.45, 2.75) is 0 Å². The van der Waals surface area contributed by atoms with Crippen LogP contribution in [-0.4, -0.2) is 33.1 Å². The van der Waals surface area contributed by atoms with Gasteiger partial charge < -0.3 is 0 Å². The lowest BCUT2D eigenvalue weighted by molar-refractivity contribution is 1.09. The fourth-order valence-electron chi connectivity index (χ4n) is 7.66. The molecule has 4 aromatic heterocycles. The monoisotopic (exact) mass is 667 g/mol. The maximum Gasteiger partial charge on any atom is 0.220 e. The first-order chi connectivity index (χ1) is 25.8. The van der Waals surface area contributed by atoms with Gasteiger partial charge in [-0.05, 0) is 84.9 Å². The molecular formula is C45H29N7. The van der Waals surface area contributed by atoms with E-state index in [2.05, 4.69) is 170 Å². The number of para-hydroxylation sites is 6. The fraction of sp³-hybridized carbons (Fsp3) is 0. The molecule has 0 aliphatic carbocycles. The van der Waals surface area contributed by atoms with Crippen LogP contribution in [0.5, 0.6) is 0 Å². The summed E-state index contributed by atoms with van der Waals surface area (Å²) in [6.07, 6.45) is 0. The zero-order chi connectivity index (χ0) is 34.2. The van der Waals surface area contributed by atoms with Gasteiger partial charge in [0.1, 0.15) is 11.6 Å². The zero-order valence-corrected chi connectivity index (χ0v) is 27.9. The normalized spacial score (nSPS) is 11.8. The lowest BCUT2D eigenvalue weighted by atomic mass is 10.1. The van der Waals surface area contributed by atoms with Gasteiger partial charge in [-0.2, -0.15) is 0 Å². The fourth-order valence-corrected chi connectivity index (χ4v) is 7.66. The molecule has 0 radical (unpaired) electrons. The minimum Gasteiger partial charge on any atom is -0.292 e. The van der Waals surface area contributed by atoms with Crippen molar-refractivity contribution in [3.05, 3.63) is 176 Å². The largest absolute Gasteiger partial charge is 0.292 e. The SMILES string of the molecule is c1ccc(-c2nc3cc4c(cc3n2-c2ccccc2)nc(-c2ccc(-n3c5ccccc5n5c6ccccc6nc35)cc2)n4-c2ccccc2)cc1. The van der Waals surface area contributed by atoms with Crippen molar-refractivity contribution in [2.24, 2.45) is 0 Å². The van der Waals surface area contributed by atoms with E-state index < -0.39 is 0 Å². The maximum atomic E-state index is 5.35. The zero-order valence-electron chi connectivity index (χ0n) is 27.9. The average molecular weight is 668 g/mol. The Morgan fingerprint density at radius 3 is 1.37 bits per heavy atom. The van der Waals surface area contributed by atoms with Gasteiger partial charge in [-0.1, -0.05) is 91.0 Å². The number of benzene rings is 7. The maximum absolute atomic E-state index is 5.35. The lowest BCUT2D eigenvalue weighted by Crippen LogP contribution is -1.99. The second-order valence-electron chi connectivity index (χ2n) is 13.0. The Bertz CT molecular complexity index is 3090. The highest BCUT2D eigenvalue weighted by Gasteiger charge is 2.21. The summed E-state index contributed by atoms with van der Waals surface area (Å²) in [4.78, 5) is 15.7. The topological polar surface area (TPSA) is 57.9 Å². The quantitative estimate of drug-likeness (QED) is 0.184. The van der Waals surface area contributed by atoms with Crippen LogP contribution in [0.15, 0.2) is 176 Å². The van der Waals surface area contributed by atoms with Gasteiger partial charge in [0.25, 0.3) is 0 Å². The van der Waals surface area contributed by atoms with Crippen LogP contribution in [0.1, 0.15) is 0 Å². The van der Waals surface area contributed by atoms with Gasteiger partial charge >= 0.3 is 0 Å². The number of fused-ring (bicyclic) bond motifs is 7. The van der Waals surface area contributed by atoms with E-state index in [1.165, 1.54) is 0 Å². The van der Waals surface area contributed by atoms with Crippen LogP contribution < -0.4 is 0 Å². The molecule has 0 aliphatic rings. The van der Waals surface area contributed by atoms with E-state index in [9.17, 15) is 0 Å². The van der Waals surface area contributed by atoms with Crippen molar-refractivity contribution in [3.63, 3.8) is 0 Å². The van der Waals surface area contributed by atoms with E-state index in [1.54, 1.807) is 0 Å². The smallest absolute Gasteiger partial charge is 0.220 e. The van der Waals surface area contributed by atoms with Crippen molar-refractivity contribution < 1.29 is 0 Å². The average Bonchev–Trinajstić information content (AvgIpc) is 3.96. The Morgan fingerprint density at radius 2 is 0.769 bits per heavy atom. The molecule has 0 aliphatic heterocycles. The highest BCUT2D eigenvalue weighted by atomic mass is 15.2. The molecule has 7 heteroatoms. The molecule has 0 unspecified atom stereocenters. The Kier molecular flexibility index (Phi) is 6.12. The van der Waals surface area contributed by atoms with Gasteiger partial charge in [0.05, 0.1) is 44.1 Å². The summed E-state index contributed by atoms with van der Waals surface area (Å²) < 4.78 is 8.97. The molecule has 0 atom stereocenters. The first-order valence-corrected chi connectivity index (χ1v) is 17.4. The van der Waals surface area contributed by atoms with E-state index >= 15 is 0 Å². The Labute approximate surface area is 297 Å². The molecule has 0 amide bonds. The minimum absolute atomic E-state index is 0.865. The van der Waals surface area contributed by atoms with Crippen molar-refractivity contribution in [2.75, 3.05) is 0 Å². The molecule has 0 saturated heterocycles. The molecule has 11 aromatic rings. The molecule has 0 bridgehead atoms. The molecule has 11 rings (SSSR count). The predicted octanol–water partition coefficient (Wildman–Crippen LogP) is 10.4. The number of aromatic nitrogens is 7. The van der Waals surface area contributed by atoms with Crippen LogP contribution in [0.2, 0.25) is 0 Å². The molecule has 244 valence electrons. The van der Waals surface area contributed by atoms with Crippen LogP contribution in [0.25, 0.3) is 89.7 Å². The number of hydrogen-bond donors (Lipinski definition) is 0. The second-order valence-corrected chi connectivity index (χ2v) is 13.0. The third kappa shape index (κ3) is 4.23. The molecule has 7 nitrogen and oxygen atoms in total. The molecule has 0 spiro atoms. The van der Waals surface area contributed by atoms with Crippen molar-refractivity contribution in [3.8, 4) is 39.8 Å². The molecule has 0 saturated carbocycles. The third-order valence-electron chi connectivity index (χ3n) is 9.98. The van der Waals surface area contributed by atoms with Crippen molar-refractivity contribution >= 4 is 49.9 Å². The van der Waals surface area contributed by atoms with Gasteiger partial charge in [0.15, 0.2) is 0 Å². The van der Waals surface area contributed by atoms with Gasteiger partial charge in [-0.25, -0.2) is 15.0 Å². The van der Waals surface area contributed by atoms with Crippen LogP contribution in [-0.2, 0) is 0 Å². The summed E-state index contributed by atoms with van der Waals surface area (Å²) in [6.45, 7) is 0. The molecule has 4 heterocycles. The predicted molar refractivity (Wildman–Crippen MR) is 210 cm³/mol. The second kappa shape index (κ2) is 11.1. The van der Waals surface area contributed by atoms with Gasteiger partial charge in [-0.3, -0.25) is 18.1 Å². The van der Waals surface area contributed by atoms with Gasteiger partial charge in [-0.15, -0.1) is 0 Å². The van der Waals surface area contributed by atoms with Crippen molar-refractivity contribution in [1.82, 2.24) is 33.1 Å². The summed E-state index contributed by atoms with van der Waals surface area (Å²) >= 11 is 0. The first-order valence-electron chi connectivity index (χ1n) is 17.4. The number of imidazole rings is 4. The molecule has 0 fully saturated rings. The Hall–Kier alpha value is -7.25. The lowest BCUT2D eigenvalue weighted by Gasteiger charge is -2.11. The van der Waals surface area contributed by atoms with Gasteiger partial charge in [0, 0.05) is 28.2 Å². The minimum atomic E-state index is 0.865. The molecular weight excluding hydrogens is 639 g/mol. The number of nitrogens with zero attached hydrogens (tertiary/aromatic N) is 7. The summed E-state index contributed by atoms with van der Waals surface area (Å²) in [7, 11) is 0. The third-order valence-corrected chi connectivity index (χ3v) is 9.98. The summed E-state index contributed by atoms with van der Waals surface area (Å²) in [5.41, 5.74) is 13.3. The van der Waals surface area contributed by atoms with Crippen LogP contribution >= 0.6 is 0 Å². The summed E-state index contributed by atoms with van der Waals surface area (Å²) in [6, 6.07) is 61.1.